The molecule has 112 valence electrons. The molecule has 0 bridgehead atoms. The number of aromatic nitrogens is 3. The Morgan fingerprint density at radius 1 is 1.18 bits per heavy atom. The SMILES string of the molecule is COC(=O)c1ccc(NCCn2ccc3ccccc32)nn1. The first-order valence-electron chi connectivity index (χ1n) is 6.98. The van der Waals surface area contributed by atoms with Gasteiger partial charge in [-0.15, -0.1) is 10.2 Å². The predicted molar refractivity (Wildman–Crippen MR) is 83.8 cm³/mol. The lowest BCUT2D eigenvalue weighted by Crippen LogP contribution is -2.12. The third-order valence-corrected chi connectivity index (χ3v) is 3.40. The summed E-state index contributed by atoms with van der Waals surface area (Å²) in [6.45, 7) is 1.53. The lowest BCUT2D eigenvalue weighted by atomic mass is 10.2. The van der Waals surface area contributed by atoms with Crippen molar-refractivity contribution in [1.29, 1.82) is 0 Å². The summed E-state index contributed by atoms with van der Waals surface area (Å²) < 4.78 is 6.76. The van der Waals surface area contributed by atoms with Crippen LogP contribution in [0, 0.1) is 0 Å². The molecule has 0 aliphatic heterocycles. The Morgan fingerprint density at radius 3 is 2.82 bits per heavy atom. The molecule has 0 amide bonds. The lowest BCUT2D eigenvalue weighted by molar-refractivity contribution is 0.0593. The minimum Gasteiger partial charge on any atom is -0.464 e. The van der Waals surface area contributed by atoms with Gasteiger partial charge in [0, 0.05) is 24.8 Å². The van der Waals surface area contributed by atoms with Gasteiger partial charge in [0.25, 0.3) is 0 Å². The van der Waals surface area contributed by atoms with Crippen molar-refractivity contribution in [2.75, 3.05) is 19.0 Å². The molecule has 0 aliphatic rings. The number of nitrogens with one attached hydrogen (secondary N) is 1. The average Bonchev–Trinajstić information content (AvgIpc) is 2.98. The molecule has 0 unspecified atom stereocenters. The molecule has 6 nitrogen and oxygen atoms in total. The maximum absolute atomic E-state index is 11.3. The van der Waals surface area contributed by atoms with Crippen molar-refractivity contribution in [3.05, 3.63) is 54.4 Å². The molecule has 22 heavy (non-hydrogen) atoms. The minimum absolute atomic E-state index is 0.199. The van der Waals surface area contributed by atoms with Gasteiger partial charge in [-0.25, -0.2) is 4.79 Å². The van der Waals surface area contributed by atoms with Crippen LogP contribution >= 0.6 is 0 Å². The van der Waals surface area contributed by atoms with Gasteiger partial charge < -0.3 is 14.6 Å². The standard InChI is InChI=1S/C16H16N4O2/c1-22-16(21)13-6-7-15(19-18-13)17-9-11-20-10-8-12-4-2-3-5-14(12)20/h2-8,10H,9,11H2,1H3,(H,17,19). The van der Waals surface area contributed by atoms with Crippen LogP contribution in [0.15, 0.2) is 48.7 Å². The smallest absolute Gasteiger partial charge is 0.358 e. The van der Waals surface area contributed by atoms with Crippen LogP contribution in [0.25, 0.3) is 10.9 Å². The molecule has 0 aliphatic carbocycles. The van der Waals surface area contributed by atoms with Crippen LogP contribution in [0.3, 0.4) is 0 Å². The van der Waals surface area contributed by atoms with E-state index in [0.29, 0.717) is 12.4 Å². The first kappa shape index (κ1) is 14.1. The fourth-order valence-electron chi connectivity index (χ4n) is 2.28. The molecule has 0 radical (unpaired) electrons. The number of nitrogens with zero attached hydrogens (tertiary/aromatic N) is 3. The fraction of sp³-hybridized carbons (Fsp3) is 0.188. The molecule has 0 saturated heterocycles. The average molecular weight is 296 g/mol. The van der Waals surface area contributed by atoms with Gasteiger partial charge in [-0.05, 0) is 29.7 Å². The number of fused-ring (bicyclic) bond motifs is 1. The zero-order valence-corrected chi connectivity index (χ0v) is 12.2. The van der Waals surface area contributed by atoms with E-state index in [1.807, 2.05) is 12.1 Å². The highest BCUT2D eigenvalue weighted by molar-refractivity contribution is 5.87. The highest BCUT2D eigenvalue weighted by Gasteiger charge is 2.07. The van der Waals surface area contributed by atoms with E-state index in [1.54, 1.807) is 12.1 Å². The normalized spacial score (nSPS) is 10.6. The molecule has 0 spiro atoms. The number of hydrogen-bond acceptors (Lipinski definition) is 5. The summed E-state index contributed by atoms with van der Waals surface area (Å²) in [5, 5.41) is 12.2. The number of methoxy groups -OCH3 is 1. The van der Waals surface area contributed by atoms with Gasteiger partial charge in [-0.3, -0.25) is 0 Å². The summed E-state index contributed by atoms with van der Waals surface area (Å²) in [4.78, 5) is 11.3. The van der Waals surface area contributed by atoms with E-state index in [2.05, 4.69) is 49.2 Å². The summed E-state index contributed by atoms with van der Waals surface area (Å²) >= 11 is 0. The van der Waals surface area contributed by atoms with Crippen LogP contribution in [0.5, 0.6) is 0 Å². The second kappa shape index (κ2) is 6.26. The summed E-state index contributed by atoms with van der Waals surface area (Å²) in [6, 6.07) is 13.7. The number of anilines is 1. The van der Waals surface area contributed by atoms with Crippen LogP contribution in [-0.2, 0) is 11.3 Å². The Labute approximate surface area is 127 Å². The van der Waals surface area contributed by atoms with E-state index in [9.17, 15) is 4.79 Å². The highest BCUT2D eigenvalue weighted by Crippen LogP contribution is 2.14. The largest absolute Gasteiger partial charge is 0.464 e. The molecule has 2 heterocycles. The Hall–Kier alpha value is -2.89. The maximum Gasteiger partial charge on any atom is 0.358 e. The van der Waals surface area contributed by atoms with Crippen molar-refractivity contribution in [2.45, 2.75) is 6.54 Å². The van der Waals surface area contributed by atoms with Crippen molar-refractivity contribution in [1.82, 2.24) is 14.8 Å². The van der Waals surface area contributed by atoms with Gasteiger partial charge in [-0.2, -0.15) is 0 Å². The predicted octanol–water partition coefficient (Wildman–Crippen LogP) is 2.33. The number of hydrogen-bond donors (Lipinski definition) is 1. The molecular formula is C16H16N4O2. The van der Waals surface area contributed by atoms with Crippen molar-refractivity contribution in [3.63, 3.8) is 0 Å². The number of rotatable bonds is 5. The van der Waals surface area contributed by atoms with Crippen molar-refractivity contribution in [2.24, 2.45) is 0 Å². The van der Waals surface area contributed by atoms with Crippen LogP contribution in [0.1, 0.15) is 10.5 Å². The number of carbonyl (C=O) groups excluding carboxylic acids is 1. The van der Waals surface area contributed by atoms with Crippen LogP contribution in [0.4, 0.5) is 5.82 Å². The second-order valence-electron chi connectivity index (χ2n) is 4.79. The summed E-state index contributed by atoms with van der Waals surface area (Å²) in [5.41, 5.74) is 1.40. The van der Waals surface area contributed by atoms with E-state index >= 15 is 0 Å². The second-order valence-corrected chi connectivity index (χ2v) is 4.79. The Kier molecular flexibility index (Phi) is 4.00. The van der Waals surface area contributed by atoms with Crippen molar-refractivity contribution < 1.29 is 9.53 Å². The summed E-state index contributed by atoms with van der Waals surface area (Å²) in [6.07, 6.45) is 2.07. The molecule has 1 aromatic carbocycles. The van der Waals surface area contributed by atoms with Gasteiger partial charge in [0.15, 0.2) is 5.69 Å². The molecule has 2 aromatic heterocycles. The molecule has 1 N–H and O–H groups in total. The van der Waals surface area contributed by atoms with Crippen LogP contribution in [0.2, 0.25) is 0 Å². The molecule has 3 aromatic rings. The van der Waals surface area contributed by atoms with E-state index in [0.717, 1.165) is 6.54 Å². The Morgan fingerprint density at radius 2 is 2.05 bits per heavy atom. The molecule has 0 saturated carbocycles. The van der Waals surface area contributed by atoms with Gasteiger partial charge in [-0.1, -0.05) is 18.2 Å². The Bertz CT molecular complexity index is 780. The maximum atomic E-state index is 11.3. The number of para-hydroxylation sites is 1. The van der Waals surface area contributed by atoms with Crippen molar-refractivity contribution in [3.8, 4) is 0 Å². The molecule has 6 heteroatoms. The molecule has 3 rings (SSSR count). The number of ether oxygens (including phenoxy) is 1. The van der Waals surface area contributed by atoms with Gasteiger partial charge in [0.2, 0.25) is 0 Å². The van der Waals surface area contributed by atoms with Crippen LogP contribution < -0.4 is 5.32 Å². The quantitative estimate of drug-likeness (QED) is 0.732. The van der Waals surface area contributed by atoms with E-state index in [1.165, 1.54) is 18.0 Å². The summed E-state index contributed by atoms with van der Waals surface area (Å²) in [5.74, 6) is 0.141. The van der Waals surface area contributed by atoms with Gasteiger partial charge >= 0.3 is 5.97 Å². The molecule has 0 fully saturated rings. The molecular weight excluding hydrogens is 280 g/mol. The first-order chi connectivity index (χ1) is 10.8. The monoisotopic (exact) mass is 296 g/mol. The third-order valence-electron chi connectivity index (χ3n) is 3.40. The first-order valence-corrected chi connectivity index (χ1v) is 6.98. The van der Waals surface area contributed by atoms with Crippen LogP contribution in [-0.4, -0.2) is 34.4 Å². The zero-order valence-electron chi connectivity index (χ0n) is 12.2. The molecule has 0 atom stereocenters. The topological polar surface area (TPSA) is 69.0 Å². The highest BCUT2D eigenvalue weighted by atomic mass is 16.5. The van der Waals surface area contributed by atoms with Gasteiger partial charge in [0.05, 0.1) is 7.11 Å². The van der Waals surface area contributed by atoms with E-state index < -0.39 is 5.97 Å². The van der Waals surface area contributed by atoms with E-state index in [4.69, 9.17) is 0 Å². The van der Waals surface area contributed by atoms with Crippen molar-refractivity contribution >= 4 is 22.7 Å². The van der Waals surface area contributed by atoms with E-state index in [-0.39, 0.29) is 5.69 Å². The Balaban J connectivity index is 1.60. The third kappa shape index (κ3) is 2.90. The van der Waals surface area contributed by atoms with Gasteiger partial charge in [0.1, 0.15) is 5.82 Å². The zero-order chi connectivity index (χ0) is 15.4. The fourth-order valence-corrected chi connectivity index (χ4v) is 2.28. The number of carbonyl (C=O) groups is 1. The summed E-state index contributed by atoms with van der Waals surface area (Å²) in [7, 11) is 1.32. The minimum atomic E-state index is -0.488. The number of esters is 1. The number of benzene rings is 1. The lowest BCUT2D eigenvalue weighted by Gasteiger charge is -2.07.